The van der Waals surface area contributed by atoms with Gasteiger partial charge in [0, 0.05) is 5.56 Å². The minimum Gasteiger partial charge on any atom is -0.489 e. The molecule has 0 unspecified atom stereocenters. The second kappa shape index (κ2) is 4.47. The summed E-state index contributed by atoms with van der Waals surface area (Å²) in [6.45, 7) is 0. The van der Waals surface area contributed by atoms with Crippen molar-refractivity contribution < 1.29 is 19.0 Å². The lowest BCUT2D eigenvalue weighted by atomic mass is 9.93. The Balaban J connectivity index is 2.03. The summed E-state index contributed by atoms with van der Waals surface area (Å²) in [5, 5.41) is 9.38. The van der Waals surface area contributed by atoms with Crippen LogP contribution in [0.1, 0.15) is 37.7 Å². The minimum absolute atomic E-state index is 0.130. The topological polar surface area (TPSA) is 46.5 Å². The highest BCUT2D eigenvalue weighted by Crippen LogP contribution is 2.53. The number of rotatable bonds is 4. The quantitative estimate of drug-likeness (QED) is 0.917. The van der Waals surface area contributed by atoms with Crippen molar-refractivity contribution in [3.05, 3.63) is 28.0 Å². The van der Waals surface area contributed by atoms with Crippen molar-refractivity contribution in [1.82, 2.24) is 0 Å². The van der Waals surface area contributed by atoms with E-state index in [9.17, 15) is 14.3 Å². The van der Waals surface area contributed by atoms with E-state index in [-0.39, 0.29) is 6.10 Å². The molecule has 0 amide bonds. The van der Waals surface area contributed by atoms with Gasteiger partial charge in [-0.05, 0) is 60.2 Å². The Hall–Kier alpha value is -1.10. The summed E-state index contributed by atoms with van der Waals surface area (Å²) in [5.41, 5.74) is -0.484. The molecular formula is C14H14BrFO3. The summed E-state index contributed by atoms with van der Waals surface area (Å²) in [4.78, 5) is 11.4. The monoisotopic (exact) mass is 328 g/mol. The summed E-state index contributed by atoms with van der Waals surface area (Å²) in [6, 6.07) is 2.63. The van der Waals surface area contributed by atoms with E-state index in [1.807, 2.05) is 0 Å². The lowest BCUT2D eigenvalue weighted by Crippen LogP contribution is -2.27. The van der Waals surface area contributed by atoms with Gasteiger partial charge in [0.15, 0.2) is 0 Å². The lowest BCUT2D eigenvalue weighted by Gasteiger charge is -2.29. The maximum absolute atomic E-state index is 13.6. The Bertz CT molecular complexity index is 536. The Morgan fingerprint density at radius 1 is 1.42 bits per heavy atom. The molecule has 0 aromatic heterocycles. The third kappa shape index (κ3) is 2.14. The number of ether oxygens (including phenoxy) is 1. The number of carboxylic acid groups (broad SMARTS) is 1. The Morgan fingerprint density at radius 2 is 2.11 bits per heavy atom. The van der Waals surface area contributed by atoms with Gasteiger partial charge >= 0.3 is 5.97 Å². The van der Waals surface area contributed by atoms with Crippen LogP contribution in [0, 0.1) is 5.82 Å². The van der Waals surface area contributed by atoms with E-state index < -0.39 is 17.2 Å². The molecular weight excluding hydrogens is 315 g/mol. The van der Waals surface area contributed by atoms with Crippen LogP contribution in [-0.4, -0.2) is 17.2 Å². The normalized spacial score (nSPS) is 20.7. The molecule has 1 aromatic carbocycles. The van der Waals surface area contributed by atoms with Crippen molar-refractivity contribution in [1.29, 1.82) is 0 Å². The van der Waals surface area contributed by atoms with Gasteiger partial charge in [-0.2, -0.15) is 0 Å². The van der Waals surface area contributed by atoms with Crippen LogP contribution in [0.3, 0.4) is 0 Å². The Morgan fingerprint density at radius 3 is 2.58 bits per heavy atom. The summed E-state index contributed by atoms with van der Waals surface area (Å²) in [5.74, 6) is -0.829. The fourth-order valence-corrected chi connectivity index (χ4v) is 2.94. The fourth-order valence-electron chi connectivity index (χ4n) is 2.41. The molecule has 0 bridgehead atoms. The molecule has 0 radical (unpaired) electrons. The second-order valence-electron chi connectivity index (χ2n) is 5.32. The van der Waals surface area contributed by atoms with Gasteiger partial charge in [-0.15, -0.1) is 0 Å². The molecule has 5 heteroatoms. The zero-order valence-electron chi connectivity index (χ0n) is 10.3. The van der Waals surface area contributed by atoms with Gasteiger partial charge in [0.05, 0.1) is 16.0 Å². The van der Waals surface area contributed by atoms with E-state index in [1.165, 1.54) is 12.1 Å². The highest BCUT2D eigenvalue weighted by Gasteiger charge is 2.54. The molecule has 2 fully saturated rings. The van der Waals surface area contributed by atoms with E-state index >= 15 is 0 Å². The van der Waals surface area contributed by atoms with Gasteiger partial charge in [-0.1, -0.05) is 0 Å². The van der Waals surface area contributed by atoms with Crippen molar-refractivity contribution >= 4 is 21.9 Å². The van der Waals surface area contributed by atoms with Crippen molar-refractivity contribution in [2.24, 2.45) is 0 Å². The first-order valence-electron chi connectivity index (χ1n) is 6.42. The van der Waals surface area contributed by atoms with Crippen LogP contribution in [0.5, 0.6) is 5.75 Å². The largest absolute Gasteiger partial charge is 0.489 e. The van der Waals surface area contributed by atoms with E-state index in [0.29, 0.717) is 28.6 Å². The van der Waals surface area contributed by atoms with E-state index in [2.05, 4.69) is 15.9 Å². The van der Waals surface area contributed by atoms with Crippen molar-refractivity contribution in [3.63, 3.8) is 0 Å². The third-order valence-electron chi connectivity index (χ3n) is 4.02. The summed E-state index contributed by atoms with van der Waals surface area (Å²) >= 11 is 3.29. The van der Waals surface area contributed by atoms with E-state index in [1.54, 1.807) is 0 Å². The van der Waals surface area contributed by atoms with E-state index in [4.69, 9.17) is 4.74 Å². The molecule has 19 heavy (non-hydrogen) atoms. The van der Waals surface area contributed by atoms with Crippen molar-refractivity contribution in [2.45, 2.75) is 43.6 Å². The number of hydrogen-bond donors (Lipinski definition) is 1. The molecule has 102 valence electrons. The summed E-state index contributed by atoms with van der Waals surface area (Å²) in [6.07, 6.45) is 4.29. The molecule has 2 aliphatic carbocycles. The van der Waals surface area contributed by atoms with Gasteiger partial charge in [0.2, 0.25) is 0 Å². The molecule has 2 aliphatic rings. The zero-order valence-corrected chi connectivity index (χ0v) is 11.9. The molecule has 0 aliphatic heterocycles. The molecule has 0 atom stereocenters. The SMILES string of the molecule is O=C(O)C1(c2cc(F)cc(Br)c2OC2CCC2)CC1. The highest BCUT2D eigenvalue weighted by molar-refractivity contribution is 9.10. The van der Waals surface area contributed by atoms with Crippen LogP contribution in [0.15, 0.2) is 16.6 Å². The van der Waals surface area contributed by atoms with Crippen molar-refractivity contribution in [3.8, 4) is 5.75 Å². The van der Waals surface area contributed by atoms with Gasteiger partial charge in [0.1, 0.15) is 11.6 Å². The lowest BCUT2D eigenvalue weighted by molar-refractivity contribution is -0.140. The van der Waals surface area contributed by atoms with Gasteiger partial charge in [-0.3, -0.25) is 4.79 Å². The first-order valence-corrected chi connectivity index (χ1v) is 7.22. The second-order valence-corrected chi connectivity index (χ2v) is 6.18. The van der Waals surface area contributed by atoms with Gasteiger partial charge < -0.3 is 9.84 Å². The summed E-state index contributed by atoms with van der Waals surface area (Å²) < 4.78 is 20.0. The molecule has 3 nitrogen and oxygen atoms in total. The standard InChI is InChI=1S/C14H14BrFO3/c15-11-7-8(16)6-10(14(4-5-14)13(17)18)12(11)19-9-2-1-3-9/h6-7,9H,1-5H2,(H,17,18). The van der Waals surface area contributed by atoms with Crippen LogP contribution >= 0.6 is 15.9 Å². The average molecular weight is 329 g/mol. The maximum Gasteiger partial charge on any atom is 0.314 e. The van der Waals surface area contributed by atoms with Gasteiger partial charge in [-0.25, -0.2) is 4.39 Å². The maximum atomic E-state index is 13.6. The minimum atomic E-state index is -0.955. The number of halogens is 2. The van der Waals surface area contributed by atoms with E-state index in [0.717, 1.165) is 19.3 Å². The molecule has 1 aromatic rings. The fraction of sp³-hybridized carbons (Fsp3) is 0.500. The third-order valence-corrected chi connectivity index (χ3v) is 4.61. The smallest absolute Gasteiger partial charge is 0.314 e. The number of hydrogen-bond acceptors (Lipinski definition) is 2. The molecule has 0 spiro atoms. The zero-order chi connectivity index (χ0) is 13.6. The molecule has 0 heterocycles. The predicted octanol–water partition coefficient (Wildman–Crippen LogP) is 3.64. The predicted molar refractivity (Wildman–Crippen MR) is 70.9 cm³/mol. The highest BCUT2D eigenvalue weighted by atomic mass is 79.9. The van der Waals surface area contributed by atoms with Gasteiger partial charge in [0.25, 0.3) is 0 Å². The number of carbonyl (C=O) groups is 1. The molecule has 0 saturated heterocycles. The van der Waals surface area contributed by atoms with Crippen LogP contribution in [0.25, 0.3) is 0 Å². The first kappa shape index (κ1) is 12.9. The molecule has 3 rings (SSSR count). The molecule has 2 saturated carbocycles. The molecule has 1 N–H and O–H groups in total. The number of benzene rings is 1. The van der Waals surface area contributed by atoms with Crippen LogP contribution in [0.4, 0.5) is 4.39 Å². The van der Waals surface area contributed by atoms with Crippen LogP contribution in [-0.2, 0) is 10.2 Å². The average Bonchev–Trinajstić information content (AvgIpc) is 3.05. The van der Waals surface area contributed by atoms with Crippen molar-refractivity contribution in [2.75, 3.05) is 0 Å². The summed E-state index contributed by atoms with van der Waals surface area (Å²) in [7, 11) is 0. The number of carboxylic acids is 1. The Kier molecular flexibility index (Phi) is 3.04. The van der Waals surface area contributed by atoms with Crippen LogP contribution in [0.2, 0.25) is 0 Å². The number of aliphatic carboxylic acids is 1. The Labute approximate surface area is 118 Å². The van der Waals surface area contributed by atoms with Crippen LogP contribution < -0.4 is 4.74 Å². The first-order chi connectivity index (χ1) is 9.03.